The van der Waals surface area contributed by atoms with Crippen molar-refractivity contribution in [2.24, 2.45) is 0 Å². The molecule has 0 saturated heterocycles. The van der Waals surface area contributed by atoms with E-state index in [0.717, 1.165) is 6.42 Å². The molecule has 4 heteroatoms. The minimum absolute atomic E-state index is 0.198. The molecule has 0 bridgehead atoms. The first-order chi connectivity index (χ1) is 5.74. The molecule has 0 rings (SSSR count). The molecule has 4 nitrogen and oxygen atoms in total. The van der Waals surface area contributed by atoms with E-state index < -0.39 is 6.10 Å². The Hall–Kier alpha value is -0.160. The number of hydrogen-bond donors (Lipinski definition) is 3. The second-order valence-corrected chi connectivity index (χ2v) is 2.81. The van der Waals surface area contributed by atoms with Crippen LogP contribution in [-0.2, 0) is 4.74 Å². The summed E-state index contributed by atoms with van der Waals surface area (Å²) in [5.41, 5.74) is 0. The Kier molecular flexibility index (Phi) is 7.39. The quantitative estimate of drug-likeness (QED) is 0.484. The summed E-state index contributed by atoms with van der Waals surface area (Å²) in [7, 11) is 1.65. The summed E-state index contributed by atoms with van der Waals surface area (Å²) in [6.07, 6.45) is 0.280. The van der Waals surface area contributed by atoms with Crippen LogP contribution in [0.25, 0.3) is 0 Å². The summed E-state index contributed by atoms with van der Waals surface area (Å²) in [6, 6.07) is 0.260. The topological polar surface area (TPSA) is 61.7 Å². The minimum Gasteiger partial charge on any atom is -0.394 e. The van der Waals surface area contributed by atoms with Gasteiger partial charge in [-0.25, -0.2) is 0 Å². The maximum Gasteiger partial charge on any atom is 0.0895 e. The molecule has 0 aromatic carbocycles. The van der Waals surface area contributed by atoms with Crippen molar-refractivity contribution in [3.05, 3.63) is 0 Å². The molecule has 0 radical (unpaired) electrons. The largest absolute Gasteiger partial charge is 0.394 e. The number of rotatable bonds is 7. The first kappa shape index (κ1) is 11.8. The van der Waals surface area contributed by atoms with E-state index in [9.17, 15) is 0 Å². The lowest BCUT2D eigenvalue weighted by Gasteiger charge is -2.17. The van der Waals surface area contributed by atoms with Gasteiger partial charge >= 0.3 is 0 Å². The lowest BCUT2D eigenvalue weighted by atomic mass is 10.2. The van der Waals surface area contributed by atoms with Crippen LogP contribution in [0, 0.1) is 0 Å². The molecule has 74 valence electrons. The van der Waals surface area contributed by atoms with Crippen LogP contribution in [0.1, 0.15) is 13.3 Å². The maximum absolute atomic E-state index is 9.02. The molecule has 12 heavy (non-hydrogen) atoms. The van der Waals surface area contributed by atoms with Gasteiger partial charge in [0, 0.05) is 19.7 Å². The highest BCUT2D eigenvalue weighted by molar-refractivity contribution is 4.66. The lowest BCUT2D eigenvalue weighted by Crippen LogP contribution is -2.39. The average molecular weight is 177 g/mol. The molecule has 2 atom stereocenters. The van der Waals surface area contributed by atoms with Gasteiger partial charge in [0.15, 0.2) is 0 Å². The van der Waals surface area contributed by atoms with Crippen molar-refractivity contribution in [1.29, 1.82) is 0 Å². The fraction of sp³-hybridized carbons (Fsp3) is 1.00. The average Bonchev–Trinajstić information content (AvgIpc) is 2.11. The van der Waals surface area contributed by atoms with Crippen LogP contribution in [0.4, 0.5) is 0 Å². The van der Waals surface area contributed by atoms with Gasteiger partial charge in [-0.05, 0) is 6.42 Å². The van der Waals surface area contributed by atoms with E-state index in [-0.39, 0.29) is 12.6 Å². The number of nitrogens with one attached hydrogen (secondary N) is 1. The monoisotopic (exact) mass is 177 g/mol. The SMILES string of the molecule is CCC(COC)NC[C@H](O)CO. The van der Waals surface area contributed by atoms with Gasteiger partial charge < -0.3 is 20.3 Å². The number of methoxy groups -OCH3 is 1. The van der Waals surface area contributed by atoms with Crippen LogP contribution >= 0.6 is 0 Å². The second-order valence-electron chi connectivity index (χ2n) is 2.81. The number of ether oxygens (including phenoxy) is 1. The molecule has 0 aliphatic rings. The zero-order chi connectivity index (χ0) is 9.40. The van der Waals surface area contributed by atoms with Crippen molar-refractivity contribution in [3.8, 4) is 0 Å². The van der Waals surface area contributed by atoms with Gasteiger partial charge in [0.05, 0.1) is 19.3 Å². The molecule has 0 aromatic heterocycles. The van der Waals surface area contributed by atoms with Gasteiger partial charge in [0.1, 0.15) is 0 Å². The summed E-state index contributed by atoms with van der Waals surface area (Å²) >= 11 is 0. The smallest absolute Gasteiger partial charge is 0.0895 e. The predicted octanol–water partition coefficient (Wildman–Crippen LogP) is -0.646. The van der Waals surface area contributed by atoms with Crippen molar-refractivity contribution in [3.63, 3.8) is 0 Å². The Morgan fingerprint density at radius 3 is 2.58 bits per heavy atom. The highest BCUT2D eigenvalue weighted by Gasteiger charge is 2.07. The van der Waals surface area contributed by atoms with E-state index >= 15 is 0 Å². The number of aliphatic hydroxyl groups is 2. The Labute approximate surface area is 73.5 Å². The molecule has 0 aliphatic heterocycles. The molecule has 0 aliphatic carbocycles. The summed E-state index contributed by atoms with van der Waals surface area (Å²) in [5.74, 6) is 0. The zero-order valence-electron chi connectivity index (χ0n) is 7.79. The molecular weight excluding hydrogens is 158 g/mol. The summed E-state index contributed by atoms with van der Waals surface area (Å²) in [5, 5.41) is 20.6. The molecule has 0 saturated carbocycles. The summed E-state index contributed by atoms with van der Waals surface area (Å²) < 4.78 is 4.95. The van der Waals surface area contributed by atoms with E-state index in [0.29, 0.717) is 13.2 Å². The standard InChI is InChI=1S/C8H19NO3/c1-3-7(6-12-2)9-4-8(11)5-10/h7-11H,3-6H2,1-2H3/t7?,8-/m0/s1. The van der Waals surface area contributed by atoms with Crippen LogP contribution in [0.15, 0.2) is 0 Å². The molecule has 0 fully saturated rings. The Morgan fingerprint density at radius 1 is 1.50 bits per heavy atom. The van der Waals surface area contributed by atoms with Crippen LogP contribution in [-0.4, -0.2) is 49.2 Å². The van der Waals surface area contributed by atoms with Gasteiger partial charge in [0.2, 0.25) is 0 Å². The van der Waals surface area contributed by atoms with Gasteiger partial charge in [0.25, 0.3) is 0 Å². The molecule has 3 N–H and O–H groups in total. The highest BCUT2D eigenvalue weighted by atomic mass is 16.5. The van der Waals surface area contributed by atoms with Gasteiger partial charge in [-0.2, -0.15) is 0 Å². The van der Waals surface area contributed by atoms with E-state index in [2.05, 4.69) is 5.32 Å². The van der Waals surface area contributed by atoms with Crippen molar-refractivity contribution in [2.75, 3.05) is 26.9 Å². The maximum atomic E-state index is 9.02. The molecular formula is C8H19NO3. The molecule has 1 unspecified atom stereocenters. The number of hydrogen-bond acceptors (Lipinski definition) is 4. The van der Waals surface area contributed by atoms with Gasteiger partial charge in [-0.1, -0.05) is 6.92 Å². The van der Waals surface area contributed by atoms with Gasteiger partial charge in [-0.15, -0.1) is 0 Å². The van der Waals surface area contributed by atoms with Crippen LogP contribution < -0.4 is 5.32 Å². The van der Waals surface area contributed by atoms with E-state index in [1.165, 1.54) is 0 Å². The minimum atomic E-state index is -0.670. The Bertz CT molecular complexity index is 100. The number of aliphatic hydroxyl groups excluding tert-OH is 2. The Morgan fingerprint density at radius 2 is 2.17 bits per heavy atom. The van der Waals surface area contributed by atoms with Crippen LogP contribution in [0.2, 0.25) is 0 Å². The highest BCUT2D eigenvalue weighted by Crippen LogP contribution is 1.91. The van der Waals surface area contributed by atoms with Crippen molar-refractivity contribution >= 4 is 0 Å². The van der Waals surface area contributed by atoms with Crippen molar-refractivity contribution < 1.29 is 14.9 Å². The fourth-order valence-electron chi connectivity index (χ4n) is 0.890. The third-order valence-electron chi connectivity index (χ3n) is 1.71. The van der Waals surface area contributed by atoms with Crippen molar-refractivity contribution in [1.82, 2.24) is 5.32 Å². The van der Waals surface area contributed by atoms with Crippen LogP contribution in [0.3, 0.4) is 0 Å². The van der Waals surface area contributed by atoms with E-state index in [4.69, 9.17) is 14.9 Å². The van der Waals surface area contributed by atoms with Crippen LogP contribution in [0.5, 0.6) is 0 Å². The zero-order valence-corrected chi connectivity index (χ0v) is 7.79. The molecule has 0 amide bonds. The first-order valence-electron chi connectivity index (χ1n) is 4.25. The third-order valence-corrected chi connectivity index (χ3v) is 1.71. The lowest BCUT2D eigenvalue weighted by molar-refractivity contribution is 0.0853. The summed E-state index contributed by atoms with van der Waals surface area (Å²) in [4.78, 5) is 0. The first-order valence-corrected chi connectivity index (χ1v) is 4.25. The second kappa shape index (κ2) is 7.49. The van der Waals surface area contributed by atoms with E-state index in [1.807, 2.05) is 6.92 Å². The van der Waals surface area contributed by atoms with Crippen molar-refractivity contribution in [2.45, 2.75) is 25.5 Å². The molecule has 0 spiro atoms. The molecule has 0 aromatic rings. The molecule has 0 heterocycles. The Balaban J connectivity index is 3.43. The predicted molar refractivity (Wildman–Crippen MR) is 47.1 cm³/mol. The summed E-state index contributed by atoms with van der Waals surface area (Å²) in [6.45, 7) is 2.89. The normalized spacial score (nSPS) is 16.0. The fourth-order valence-corrected chi connectivity index (χ4v) is 0.890. The third kappa shape index (κ3) is 5.49. The van der Waals surface area contributed by atoms with Gasteiger partial charge in [-0.3, -0.25) is 0 Å². The van der Waals surface area contributed by atoms with E-state index in [1.54, 1.807) is 7.11 Å².